The molecule has 0 bridgehead atoms. The summed E-state index contributed by atoms with van der Waals surface area (Å²) in [6.45, 7) is 4.43. The molecule has 0 saturated carbocycles. The fourth-order valence-electron chi connectivity index (χ4n) is 3.60. The lowest BCUT2D eigenvalue weighted by molar-refractivity contribution is -0.115. The molecule has 0 aliphatic carbocycles. The van der Waals surface area contributed by atoms with Crippen LogP contribution in [0.25, 0.3) is 0 Å². The molecular formula is C28H26N2O3. The van der Waals surface area contributed by atoms with Crippen molar-refractivity contribution in [3.8, 4) is 0 Å². The summed E-state index contributed by atoms with van der Waals surface area (Å²) in [4.78, 5) is 27.3. The molecule has 4 rings (SSSR count). The first-order chi connectivity index (χ1) is 16.0. The maximum absolute atomic E-state index is 13.1. The number of furan rings is 1. The maximum Gasteiger partial charge on any atom is 0.294 e. The summed E-state index contributed by atoms with van der Waals surface area (Å²) in [5, 5.41) is 2.93. The minimum absolute atomic E-state index is 0.0866. The van der Waals surface area contributed by atoms with E-state index in [0.29, 0.717) is 6.54 Å². The van der Waals surface area contributed by atoms with Crippen molar-refractivity contribution in [3.05, 3.63) is 119 Å². The second kappa shape index (κ2) is 10.0. The van der Waals surface area contributed by atoms with Gasteiger partial charge in [-0.3, -0.25) is 9.59 Å². The van der Waals surface area contributed by atoms with Crippen LogP contribution >= 0.6 is 0 Å². The molecule has 5 nitrogen and oxygen atoms in total. The first kappa shape index (κ1) is 22.1. The number of hydrogen-bond donors (Lipinski definition) is 1. The van der Waals surface area contributed by atoms with Crippen LogP contribution < -0.4 is 10.2 Å². The molecule has 2 amide bonds. The summed E-state index contributed by atoms with van der Waals surface area (Å²) < 4.78 is 5.35. The Kier molecular flexibility index (Phi) is 6.69. The van der Waals surface area contributed by atoms with Crippen molar-refractivity contribution in [1.29, 1.82) is 0 Å². The molecule has 1 aromatic heterocycles. The summed E-state index contributed by atoms with van der Waals surface area (Å²) in [6.07, 6.45) is 1.74. The van der Waals surface area contributed by atoms with E-state index in [9.17, 15) is 9.59 Å². The highest BCUT2D eigenvalue weighted by atomic mass is 16.3. The van der Waals surface area contributed by atoms with E-state index in [-0.39, 0.29) is 24.0 Å². The van der Waals surface area contributed by atoms with Gasteiger partial charge in [-0.15, -0.1) is 0 Å². The van der Waals surface area contributed by atoms with Crippen molar-refractivity contribution >= 4 is 23.2 Å². The van der Waals surface area contributed by atoms with Gasteiger partial charge < -0.3 is 14.6 Å². The third-order valence-corrected chi connectivity index (χ3v) is 5.35. The van der Waals surface area contributed by atoms with Gasteiger partial charge in [-0.25, -0.2) is 0 Å². The zero-order valence-electron chi connectivity index (χ0n) is 18.7. The normalized spacial score (nSPS) is 10.6. The van der Waals surface area contributed by atoms with Crippen molar-refractivity contribution in [3.63, 3.8) is 0 Å². The van der Waals surface area contributed by atoms with Crippen LogP contribution in [-0.2, 0) is 17.8 Å². The van der Waals surface area contributed by atoms with Crippen molar-refractivity contribution in [1.82, 2.24) is 0 Å². The summed E-state index contributed by atoms with van der Waals surface area (Å²) in [7, 11) is 0. The van der Waals surface area contributed by atoms with E-state index in [1.807, 2.05) is 86.6 Å². The molecule has 0 unspecified atom stereocenters. The van der Waals surface area contributed by atoms with Gasteiger partial charge in [-0.1, -0.05) is 54.1 Å². The molecule has 0 radical (unpaired) electrons. The van der Waals surface area contributed by atoms with Gasteiger partial charge in [-0.05, 0) is 66.9 Å². The van der Waals surface area contributed by atoms with Gasteiger partial charge in [0.05, 0.1) is 19.2 Å². The Morgan fingerprint density at radius 2 is 1.55 bits per heavy atom. The van der Waals surface area contributed by atoms with Gasteiger partial charge >= 0.3 is 0 Å². The lowest BCUT2D eigenvalue weighted by atomic mass is 10.1. The van der Waals surface area contributed by atoms with E-state index in [0.717, 1.165) is 33.6 Å². The monoisotopic (exact) mass is 438 g/mol. The van der Waals surface area contributed by atoms with E-state index >= 15 is 0 Å². The predicted molar refractivity (Wildman–Crippen MR) is 130 cm³/mol. The highest BCUT2D eigenvalue weighted by Crippen LogP contribution is 2.22. The van der Waals surface area contributed by atoms with Crippen LogP contribution in [0.3, 0.4) is 0 Å². The lowest BCUT2D eigenvalue weighted by Crippen LogP contribution is -2.30. The Morgan fingerprint density at radius 3 is 2.21 bits per heavy atom. The number of amides is 2. The summed E-state index contributed by atoms with van der Waals surface area (Å²) in [5.74, 6) is -0.0224. The molecule has 1 heterocycles. The fourth-order valence-corrected chi connectivity index (χ4v) is 3.60. The smallest absolute Gasteiger partial charge is 0.294 e. The zero-order chi connectivity index (χ0) is 23.2. The van der Waals surface area contributed by atoms with Gasteiger partial charge in [0.1, 0.15) is 0 Å². The van der Waals surface area contributed by atoms with Gasteiger partial charge in [0, 0.05) is 11.4 Å². The first-order valence-corrected chi connectivity index (χ1v) is 10.8. The molecule has 0 aliphatic rings. The SMILES string of the molecule is Cc1ccc(CN(C(=O)c2ccco2)c2ccc(CC(=O)Nc3cccc(C)c3)cc2)cc1. The third kappa shape index (κ3) is 5.77. The highest BCUT2D eigenvalue weighted by molar-refractivity contribution is 6.04. The predicted octanol–water partition coefficient (Wildman–Crippen LogP) is 5.92. The third-order valence-electron chi connectivity index (χ3n) is 5.35. The van der Waals surface area contributed by atoms with E-state index in [2.05, 4.69) is 5.32 Å². The van der Waals surface area contributed by atoms with Crippen LogP contribution in [0.2, 0.25) is 0 Å². The van der Waals surface area contributed by atoms with E-state index in [4.69, 9.17) is 4.42 Å². The number of aryl methyl sites for hydroxylation is 2. The first-order valence-electron chi connectivity index (χ1n) is 10.8. The van der Waals surface area contributed by atoms with Gasteiger partial charge in [0.2, 0.25) is 5.91 Å². The quantitative estimate of drug-likeness (QED) is 0.389. The lowest BCUT2D eigenvalue weighted by Gasteiger charge is -2.22. The Bertz CT molecular complexity index is 1230. The number of carbonyl (C=O) groups is 2. The number of rotatable bonds is 7. The Morgan fingerprint density at radius 1 is 0.818 bits per heavy atom. The number of carbonyl (C=O) groups excluding carboxylic acids is 2. The fraction of sp³-hybridized carbons (Fsp3) is 0.143. The highest BCUT2D eigenvalue weighted by Gasteiger charge is 2.20. The second-order valence-corrected chi connectivity index (χ2v) is 8.12. The van der Waals surface area contributed by atoms with Crippen molar-refractivity contribution in [2.45, 2.75) is 26.8 Å². The molecule has 0 spiro atoms. The molecule has 5 heteroatoms. The average Bonchev–Trinajstić information content (AvgIpc) is 3.34. The van der Waals surface area contributed by atoms with Gasteiger partial charge in [-0.2, -0.15) is 0 Å². The van der Waals surface area contributed by atoms with E-state index in [1.54, 1.807) is 17.0 Å². The van der Waals surface area contributed by atoms with Crippen molar-refractivity contribution < 1.29 is 14.0 Å². The molecule has 3 aromatic carbocycles. The van der Waals surface area contributed by atoms with Crippen LogP contribution in [0, 0.1) is 13.8 Å². The van der Waals surface area contributed by atoms with Gasteiger partial charge in [0.25, 0.3) is 5.91 Å². The number of nitrogens with one attached hydrogen (secondary N) is 1. The van der Waals surface area contributed by atoms with E-state index < -0.39 is 0 Å². The standard InChI is InChI=1S/C28H26N2O3/c1-20-8-10-23(11-9-20)19-30(28(32)26-7-4-16-33-26)25-14-12-22(13-15-25)18-27(31)29-24-6-3-5-21(2)17-24/h3-17H,18-19H2,1-2H3,(H,29,31). The van der Waals surface area contributed by atoms with Gasteiger partial charge in [0.15, 0.2) is 5.76 Å². The molecule has 33 heavy (non-hydrogen) atoms. The van der Waals surface area contributed by atoms with Crippen LogP contribution in [0.15, 0.2) is 95.6 Å². The van der Waals surface area contributed by atoms with Crippen LogP contribution in [-0.4, -0.2) is 11.8 Å². The zero-order valence-corrected chi connectivity index (χ0v) is 18.7. The van der Waals surface area contributed by atoms with Crippen molar-refractivity contribution in [2.24, 2.45) is 0 Å². The van der Waals surface area contributed by atoms with E-state index in [1.165, 1.54) is 6.26 Å². The number of benzene rings is 3. The number of nitrogens with zero attached hydrogens (tertiary/aromatic N) is 1. The molecule has 0 fully saturated rings. The van der Waals surface area contributed by atoms with Crippen LogP contribution in [0.1, 0.15) is 32.8 Å². The summed E-state index contributed by atoms with van der Waals surface area (Å²) in [5.41, 5.74) is 5.65. The molecule has 0 aliphatic heterocycles. The Balaban J connectivity index is 1.50. The van der Waals surface area contributed by atoms with Crippen LogP contribution in [0.4, 0.5) is 11.4 Å². The molecule has 4 aromatic rings. The summed E-state index contributed by atoms with van der Waals surface area (Å²) in [6, 6.07) is 26.6. The largest absolute Gasteiger partial charge is 0.459 e. The maximum atomic E-state index is 13.1. The molecule has 0 saturated heterocycles. The number of hydrogen-bond acceptors (Lipinski definition) is 3. The molecular weight excluding hydrogens is 412 g/mol. The average molecular weight is 439 g/mol. The Labute approximate surface area is 193 Å². The second-order valence-electron chi connectivity index (χ2n) is 8.12. The van der Waals surface area contributed by atoms with Crippen molar-refractivity contribution in [2.75, 3.05) is 10.2 Å². The molecule has 166 valence electrons. The number of anilines is 2. The molecule has 1 N–H and O–H groups in total. The minimum Gasteiger partial charge on any atom is -0.459 e. The topological polar surface area (TPSA) is 62.6 Å². The minimum atomic E-state index is -0.217. The summed E-state index contributed by atoms with van der Waals surface area (Å²) >= 11 is 0. The van der Waals surface area contributed by atoms with Crippen LogP contribution in [0.5, 0.6) is 0 Å². The molecule has 0 atom stereocenters. The Hall–Kier alpha value is -4.12.